The predicted octanol–water partition coefficient (Wildman–Crippen LogP) is 3.22. The molecule has 0 aliphatic heterocycles. The SMILES string of the molecule is CCc1ccccc1-c1ccc(I)c(=O)n1C. The normalized spacial score (nSPS) is 10.5. The topological polar surface area (TPSA) is 22.0 Å². The van der Waals surface area contributed by atoms with E-state index in [0.29, 0.717) is 0 Å². The van der Waals surface area contributed by atoms with Crippen LogP contribution in [0.15, 0.2) is 41.2 Å². The summed E-state index contributed by atoms with van der Waals surface area (Å²) >= 11 is 2.07. The zero-order valence-corrected chi connectivity index (χ0v) is 12.1. The van der Waals surface area contributed by atoms with Gasteiger partial charge in [0.1, 0.15) is 0 Å². The summed E-state index contributed by atoms with van der Waals surface area (Å²) < 4.78 is 2.47. The number of halogens is 1. The molecule has 0 unspecified atom stereocenters. The largest absolute Gasteiger partial charge is 0.310 e. The molecule has 17 heavy (non-hydrogen) atoms. The average molecular weight is 339 g/mol. The van der Waals surface area contributed by atoms with Gasteiger partial charge in [0.05, 0.1) is 9.26 Å². The Hall–Kier alpha value is -1.10. The quantitative estimate of drug-likeness (QED) is 0.770. The van der Waals surface area contributed by atoms with Gasteiger partial charge in [-0.3, -0.25) is 4.79 Å². The fraction of sp³-hybridized carbons (Fsp3) is 0.214. The third-order valence-corrected chi connectivity index (χ3v) is 3.75. The molecule has 0 saturated heterocycles. The molecule has 0 amide bonds. The molecule has 0 bridgehead atoms. The first-order chi connectivity index (χ1) is 8.15. The Morgan fingerprint density at radius 3 is 2.59 bits per heavy atom. The zero-order chi connectivity index (χ0) is 12.4. The van der Waals surface area contributed by atoms with Gasteiger partial charge in [-0.15, -0.1) is 0 Å². The Balaban J connectivity index is 2.69. The molecule has 0 atom stereocenters. The number of hydrogen-bond acceptors (Lipinski definition) is 1. The first kappa shape index (κ1) is 12.4. The Morgan fingerprint density at radius 1 is 1.18 bits per heavy atom. The van der Waals surface area contributed by atoms with Crippen LogP contribution in [0, 0.1) is 3.57 Å². The first-order valence-corrected chi connectivity index (χ1v) is 6.66. The summed E-state index contributed by atoms with van der Waals surface area (Å²) in [4.78, 5) is 11.9. The van der Waals surface area contributed by atoms with Crippen molar-refractivity contribution in [2.24, 2.45) is 7.05 Å². The Labute approximate surface area is 114 Å². The second kappa shape index (κ2) is 5.04. The van der Waals surface area contributed by atoms with Crippen molar-refractivity contribution < 1.29 is 0 Å². The van der Waals surface area contributed by atoms with E-state index in [-0.39, 0.29) is 5.56 Å². The van der Waals surface area contributed by atoms with E-state index in [1.165, 1.54) is 5.56 Å². The molecule has 0 spiro atoms. The van der Waals surface area contributed by atoms with Crippen LogP contribution < -0.4 is 5.56 Å². The van der Waals surface area contributed by atoms with Crippen LogP contribution in [-0.4, -0.2) is 4.57 Å². The highest BCUT2D eigenvalue weighted by atomic mass is 127. The van der Waals surface area contributed by atoms with E-state index in [9.17, 15) is 4.79 Å². The minimum atomic E-state index is 0.0639. The van der Waals surface area contributed by atoms with E-state index in [4.69, 9.17) is 0 Å². The number of aromatic nitrogens is 1. The molecular formula is C14H14INO. The lowest BCUT2D eigenvalue weighted by Crippen LogP contribution is -2.20. The van der Waals surface area contributed by atoms with E-state index in [1.807, 2.05) is 31.3 Å². The Morgan fingerprint density at radius 2 is 1.88 bits per heavy atom. The van der Waals surface area contributed by atoms with Crippen molar-refractivity contribution in [1.82, 2.24) is 4.57 Å². The van der Waals surface area contributed by atoms with Gasteiger partial charge in [0.25, 0.3) is 5.56 Å². The minimum Gasteiger partial charge on any atom is -0.310 e. The van der Waals surface area contributed by atoms with Crippen molar-refractivity contribution in [2.75, 3.05) is 0 Å². The van der Waals surface area contributed by atoms with Crippen molar-refractivity contribution in [3.63, 3.8) is 0 Å². The zero-order valence-electron chi connectivity index (χ0n) is 9.90. The van der Waals surface area contributed by atoms with Gasteiger partial charge < -0.3 is 4.57 Å². The smallest absolute Gasteiger partial charge is 0.264 e. The molecule has 88 valence electrons. The van der Waals surface area contributed by atoms with Gasteiger partial charge in [0, 0.05) is 12.6 Å². The Kier molecular flexibility index (Phi) is 3.66. The van der Waals surface area contributed by atoms with Crippen molar-refractivity contribution in [3.05, 3.63) is 55.9 Å². The first-order valence-electron chi connectivity index (χ1n) is 5.59. The maximum Gasteiger partial charge on any atom is 0.264 e. The molecule has 2 aromatic rings. The summed E-state index contributed by atoms with van der Waals surface area (Å²) in [7, 11) is 1.83. The lowest BCUT2D eigenvalue weighted by molar-refractivity contribution is 0.860. The maximum absolute atomic E-state index is 11.9. The van der Waals surface area contributed by atoms with E-state index >= 15 is 0 Å². The van der Waals surface area contributed by atoms with Crippen LogP contribution in [-0.2, 0) is 13.5 Å². The number of nitrogens with zero attached hydrogens (tertiary/aromatic N) is 1. The average Bonchev–Trinajstić information content (AvgIpc) is 2.36. The van der Waals surface area contributed by atoms with Crippen LogP contribution in [0.3, 0.4) is 0 Å². The molecule has 0 aliphatic carbocycles. The molecule has 0 aliphatic rings. The Bertz CT molecular complexity index is 601. The third-order valence-electron chi connectivity index (χ3n) is 2.93. The van der Waals surface area contributed by atoms with E-state index < -0.39 is 0 Å². The van der Waals surface area contributed by atoms with Crippen LogP contribution in [0.1, 0.15) is 12.5 Å². The second-order valence-corrected chi connectivity index (χ2v) is 5.10. The van der Waals surface area contributed by atoms with Gasteiger partial charge >= 0.3 is 0 Å². The molecule has 0 saturated carbocycles. The number of hydrogen-bond donors (Lipinski definition) is 0. The number of aryl methyl sites for hydroxylation is 1. The molecule has 2 rings (SSSR count). The molecular weight excluding hydrogens is 325 g/mol. The molecule has 2 nitrogen and oxygen atoms in total. The number of pyridine rings is 1. The summed E-state index contributed by atoms with van der Waals surface area (Å²) in [6.45, 7) is 2.13. The monoisotopic (exact) mass is 339 g/mol. The maximum atomic E-state index is 11.9. The van der Waals surface area contributed by atoms with Crippen LogP contribution in [0.2, 0.25) is 0 Å². The van der Waals surface area contributed by atoms with Gasteiger partial charge in [0.2, 0.25) is 0 Å². The highest BCUT2D eigenvalue weighted by molar-refractivity contribution is 14.1. The molecule has 0 radical (unpaired) electrons. The van der Waals surface area contributed by atoms with E-state index in [2.05, 4.69) is 41.6 Å². The van der Waals surface area contributed by atoms with Crippen LogP contribution in [0.5, 0.6) is 0 Å². The fourth-order valence-electron chi connectivity index (χ4n) is 1.95. The standard InChI is InChI=1S/C14H14INO/c1-3-10-6-4-5-7-11(10)13-9-8-12(15)14(17)16(13)2/h4-9H,3H2,1-2H3. The predicted molar refractivity (Wildman–Crippen MR) is 79.2 cm³/mol. The molecule has 1 heterocycles. The van der Waals surface area contributed by atoms with Crippen molar-refractivity contribution >= 4 is 22.6 Å². The van der Waals surface area contributed by atoms with Gasteiger partial charge in [0.15, 0.2) is 0 Å². The highest BCUT2D eigenvalue weighted by Gasteiger charge is 2.08. The molecule has 0 N–H and O–H groups in total. The van der Waals surface area contributed by atoms with Crippen molar-refractivity contribution in [3.8, 4) is 11.3 Å². The summed E-state index contributed by atoms with van der Waals surface area (Å²) in [5.74, 6) is 0. The molecule has 3 heteroatoms. The number of benzene rings is 1. The van der Waals surface area contributed by atoms with Crippen LogP contribution >= 0.6 is 22.6 Å². The van der Waals surface area contributed by atoms with Gasteiger partial charge in [-0.1, -0.05) is 31.2 Å². The molecule has 1 aromatic heterocycles. The summed E-state index contributed by atoms with van der Waals surface area (Å²) in [5.41, 5.74) is 3.46. The fourth-order valence-corrected chi connectivity index (χ4v) is 2.50. The van der Waals surface area contributed by atoms with Crippen LogP contribution in [0.25, 0.3) is 11.3 Å². The van der Waals surface area contributed by atoms with Crippen molar-refractivity contribution in [1.29, 1.82) is 0 Å². The molecule has 0 fully saturated rings. The van der Waals surface area contributed by atoms with Crippen molar-refractivity contribution in [2.45, 2.75) is 13.3 Å². The summed E-state index contributed by atoms with van der Waals surface area (Å²) in [5, 5.41) is 0. The summed E-state index contributed by atoms with van der Waals surface area (Å²) in [6.07, 6.45) is 0.969. The lowest BCUT2D eigenvalue weighted by atomic mass is 10.0. The minimum absolute atomic E-state index is 0.0639. The molecule has 1 aromatic carbocycles. The third kappa shape index (κ3) is 2.29. The van der Waals surface area contributed by atoms with Gasteiger partial charge in [-0.05, 0) is 46.7 Å². The van der Waals surface area contributed by atoms with Crippen LogP contribution in [0.4, 0.5) is 0 Å². The highest BCUT2D eigenvalue weighted by Crippen LogP contribution is 2.22. The van der Waals surface area contributed by atoms with E-state index in [0.717, 1.165) is 21.2 Å². The van der Waals surface area contributed by atoms with Gasteiger partial charge in [-0.25, -0.2) is 0 Å². The van der Waals surface area contributed by atoms with Gasteiger partial charge in [-0.2, -0.15) is 0 Å². The lowest BCUT2D eigenvalue weighted by Gasteiger charge is -2.12. The van der Waals surface area contributed by atoms with E-state index in [1.54, 1.807) is 4.57 Å². The number of rotatable bonds is 2. The summed E-state index contributed by atoms with van der Waals surface area (Å²) in [6, 6.07) is 12.1. The second-order valence-electron chi connectivity index (χ2n) is 3.94.